The van der Waals surface area contributed by atoms with Crippen molar-refractivity contribution < 1.29 is 18.9 Å². The smallest absolute Gasteiger partial charge is 0.354 e. The molecule has 7 nitrogen and oxygen atoms in total. The predicted octanol–water partition coefficient (Wildman–Crippen LogP) is 0.910. The molecule has 0 radical (unpaired) electrons. The van der Waals surface area contributed by atoms with E-state index in [-0.39, 0.29) is 17.4 Å². The van der Waals surface area contributed by atoms with Crippen LogP contribution < -0.4 is 10.6 Å². The fraction of sp³-hybridized carbons (Fsp3) is 0.455. The van der Waals surface area contributed by atoms with E-state index >= 15 is 0 Å². The summed E-state index contributed by atoms with van der Waals surface area (Å²) in [5, 5.41) is 14.0. The van der Waals surface area contributed by atoms with Crippen molar-refractivity contribution in [2.45, 2.75) is 19.9 Å². The minimum absolute atomic E-state index is 0.0700. The van der Waals surface area contributed by atoms with Crippen LogP contribution in [0.5, 0.6) is 0 Å². The third-order valence-electron chi connectivity index (χ3n) is 2.28. The van der Waals surface area contributed by atoms with Gasteiger partial charge in [-0.05, 0) is 19.9 Å². The van der Waals surface area contributed by atoms with Crippen LogP contribution in [0.2, 0.25) is 0 Å². The number of carbonyl (C=O) groups excluding carboxylic acids is 1. The molecule has 8 heteroatoms. The Balaban J connectivity index is 2.67. The fourth-order valence-corrected chi connectivity index (χ4v) is 2.42. The highest BCUT2D eigenvalue weighted by Gasteiger charge is 2.16. The van der Waals surface area contributed by atoms with E-state index in [4.69, 9.17) is 5.11 Å². The van der Waals surface area contributed by atoms with E-state index in [1.807, 2.05) is 0 Å². The maximum atomic E-state index is 11.7. The van der Waals surface area contributed by atoms with Crippen LogP contribution in [-0.4, -0.2) is 44.4 Å². The SMILES string of the molecule is Cc1cc(NC(=O)NC(C)CS(C)=O)c(C(=O)O)[nH]1. The summed E-state index contributed by atoms with van der Waals surface area (Å²) >= 11 is 0. The Kier molecular flexibility index (Phi) is 5.11. The van der Waals surface area contributed by atoms with Crippen LogP contribution >= 0.6 is 0 Å². The van der Waals surface area contributed by atoms with E-state index < -0.39 is 22.8 Å². The number of hydrogen-bond donors (Lipinski definition) is 4. The predicted molar refractivity (Wildman–Crippen MR) is 73.0 cm³/mol. The van der Waals surface area contributed by atoms with Gasteiger partial charge in [-0.15, -0.1) is 0 Å². The molecule has 1 rings (SSSR count). The van der Waals surface area contributed by atoms with Gasteiger partial charge in [0.25, 0.3) is 0 Å². The summed E-state index contributed by atoms with van der Waals surface area (Å²) < 4.78 is 11.0. The molecule has 2 atom stereocenters. The maximum Gasteiger partial charge on any atom is 0.354 e. The summed E-state index contributed by atoms with van der Waals surface area (Å²) in [5.41, 5.74) is 0.766. The molecule has 2 amide bonds. The lowest BCUT2D eigenvalue weighted by molar-refractivity contribution is 0.0692. The van der Waals surface area contributed by atoms with Crippen molar-refractivity contribution in [1.29, 1.82) is 0 Å². The Morgan fingerprint density at radius 3 is 2.68 bits per heavy atom. The molecule has 106 valence electrons. The van der Waals surface area contributed by atoms with E-state index in [1.165, 1.54) is 6.07 Å². The number of aryl methyl sites for hydroxylation is 1. The molecule has 19 heavy (non-hydrogen) atoms. The number of rotatable bonds is 5. The maximum absolute atomic E-state index is 11.7. The van der Waals surface area contributed by atoms with Gasteiger partial charge >= 0.3 is 12.0 Å². The molecule has 0 saturated carbocycles. The molecule has 2 unspecified atom stereocenters. The molecule has 0 aromatic carbocycles. The minimum atomic E-state index is -1.15. The van der Waals surface area contributed by atoms with E-state index in [0.29, 0.717) is 11.4 Å². The topological polar surface area (TPSA) is 111 Å². The van der Waals surface area contributed by atoms with Crippen LogP contribution in [0.25, 0.3) is 0 Å². The zero-order valence-electron chi connectivity index (χ0n) is 10.9. The summed E-state index contributed by atoms with van der Waals surface area (Å²) in [7, 11) is -1.01. The van der Waals surface area contributed by atoms with Crippen molar-refractivity contribution in [3.05, 3.63) is 17.5 Å². The van der Waals surface area contributed by atoms with Crippen LogP contribution in [0.4, 0.5) is 10.5 Å². The number of aromatic amines is 1. The Labute approximate surface area is 113 Å². The first-order valence-corrected chi connectivity index (χ1v) is 7.32. The number of hydrogen-bond acceptors (Lipinski definition) is 3. The molecule has 0 bridgehead atoms. The molecule has 0 aliphatic rings. The van der Waals surface area contributed by atoms with Crippen LogP contribution in [0, 0.1) is 6.92 Å². The number of aromatic carboxylic acids is 1. The fourth-order valence-electron chi connectivity index (χ4n) is 1.63. The van der Waals surface area contributed by atoms with Gasteiger partial charge in [0, 0.05) is 34.5 Å². The van der Waals surface area contributed by atoms with Gasteiger partial charge < -0.3 is 20.7 Å². The average Bonchev–Trinajstić information content (AvgIpc) is 2.57. The number of H-pyrrole nitrogens is 1. The number of anilines is 1. The molecule has 0 fully saturated rings. The minimum Gasteiger partial charge on any atom is -0.477 e. The van der Waals surface area contributed by atoms with Gasteiger partial charge in [0.1, 0.15) is 5.69 Å². The van der Waals surface area contributed by atoms with Crippen molar-refractivity contribution in [2.24, 2.45) is 0 Å². The standard InChI is InChI=1S/C11H17N3O4S/c1-6-4-8(9(12-6)10(15)16)14-11(17)13-7(2)5-19(3)18/h4,7,12H,5H2,1-3H3,(H,15,16)(H2,13,14,17). The van der Waals surface area contributed by atoms with E-state index in [1.54, 1.807) is 20.1 Å². The summed E-state index contributed by atoms with van der Waals surface area (Å²) in [6, 6.07) is 0.740. The van der Waals surface area contributed by atoms with Crippen LogP contribution in [0.3, 0.4) is 0 Å². The number of carboxylic acid groups (broad SMARTS) is 1. The highest BCUT2D eigenvalue weighted by molar-refractivity contribution is 7.84. The molecule has 1 heterocycles. The number of urea groups is 1. The molecular weight excluding hydrogens is 270 g/mol. The zero-order chi connectivity index (χ0) is 14.6. The summed E-state index contributed by atoms with van der Waals surface area (Å²) in [6.45, 7) is 3.42. The molecule has 0 saturated heterocycles. The highest BCUT2D eigenvalue weighted by Crippen LogP contribution is 2.16. The molecule has 0 aliphatic carbocycles. The van der Waals surface area contributed by atoms with E-state index in [9.17, 15) is 13.8 Å². The van der Waals surface area contributed by atoms with Gasteiger partial charge in [-0.2, -0.15) is 0 Å². The quantitative estimate of drug-likeness (QED) is 0.645. The molecule has 1 aromatic heterocycles. The van der Waals surface area contributed by atoms with Crippen molar-refractivity contribution in [3.63, 3.8) is 0 Å². The Hall–Kier alpha value is -1.83. The summed E-state index contributed by atoms with van der Waals surface area (Å²) in [6.07, 6.45) is 1.55. The lowest BCUT2D eigenvalue weighted by Gasteiger charge is -2.13. The summed E-state index contributed by atoms with van der Waals surface area (Å²) in [5.74, 6) is -0.808. The number of nitrogens with one attached hydrogen (secondary N) is 3. The molecule has 4 N–H and O–H groups in total. The third kappa shape index (κ3) is 4.74. The number of amides is 2. The Bertz CT molecular complexity index is 512. The average molecular weight is 287 g/mol. The zero-order valence-corrected chi connectivity index (χ0v) is 11.8. The van der Waals surface area contributed by atoms with Gasteiger partial charge in [-0.3, -0.25) is 4.21 Å². The molecule has 0 spiro atoms. The normalized spacial score (nSPS) is 13.6. The van der Waals surface area contributed by atoms with Crippen LogP contribution in [0.1, 0.15) is 23.1 Å². The van der Waals surface area contributed by atoms with Gasteiger partial charge in [0.05, 0.1) is 5.69 Å². The Morgan fingerprint density at radius 1 is 1.53 bits per heavy atom. The first kappa shape index (κ1) is 15.2. The van der Waals surface area contributed by atoms with Crippen LogP contribution in [-0.2, 0) is 10.8 Å². The lowest BCUT2D eigenvalue weighted by Crippen LogP contribution is -2.39. The Morgan fingerprint density at radius 2 is 2.16 bits per heavy atom. The number of carboxylic acids is 1. The van der Waals surface area contributed by atoms with Gasteiger partial charge in [-0.25, -0.2) is 9.59 Å². The van der Waals surface area contributed by atoms with Crippen molar-refractivity contribution in [2.75, 3.05) is 17.3 Å². The van der Waals surface area contributed by atoms with Crippen LogP contribution in [0.15, 0.2) is 6.07 Å². The van der Waals surface area contributed by atoms with Gasteiger partial charge in [0.2, 0.25) is 0 Å². The first-order valence-electron chi connectivity index (χ1n) is 5.60. The first-order chi connectivity index (χ1) is 8.79. The lowest BCUT2D eigenvalue weighted by atomic mass is 10.3. The molecule has 0 aliphatic heterocycles. The second-order valence-corrected chi connectivity index (χ2v) is 5.77. The third-order valence-corrected chi connectivity index (χ3v) is 3.25. The number of carbonyl (C=O) groups is 2. The van der Waals surface area contributed by atoms with Crippen molar-refractivity contribution >= 4 is 28.5 Å². The van der Waals surface area contributed by atoms with Gasteiger partial charge in [0.15, 0.2) is 0 Å². The highest BCUT2D eigenvalue weighted by atomic mass is 32.2. The monoisotopic (exact) mass is 287 g/mol. The summed E-state index contributed by atoms with van der Waals surface area (Å²) in [4.78, 5) is 25.2. The van der Waals surface area contributed by atoms with Gasteiger partial charge in [-0.1, -0.05) is 0 Å². The molecule has 1 aromatic rings. The van der Waals surface area contributed by atoms with Crippen molar-refractivity contribution in [1.82, 2.24) is 10.3 Å². The molecular formula is C11H17N3O4S. The van der Waals surface area contributed by atoms with E-state index in [2.05, 4.69) is 15.6 Å². The van der Waals surface area contributed by atoms with Crippen molar-refractivity contribution in [3.8, 4) is 0 Å². The number of aromatic nitrogens is 1. The largest absolute Gasteiger partial charge is 0.477 e. The van der Waals surface area contributed by atoms with E-state index in [0.717, 1.165) is 0 Å². The second-order valence-electron chi connectivity index (χ2n) is 4.29. The second kappa shape index (κ2) is 6.37.